The Hall–Kier alpha value is -1.40. The maximum Gasteiger partial charge on any atom is 0.223 e. The predicted octanol–water partition coefficient (Wildman–Crippen LogP) is 2.14. The summed E-state index contributed by atoms with van der Waals surface area (Å²) in [6.07, 6.45) is 4.16. The van der Waals surface area contributed by atoms with Crippen molar-refractivity contribution >= 4 is 5.91 Å². The molecule has 3 fully saturated rings. The Morgan fingerprint density at radius 1 is 1.28 bits per heavy atom. The summed E-state index contributed by atoms with van der Waals surface area (Å²) in [7, 11) is 0. The molecule has 6 nitrogen and oxygen atoms in total. The van der Waals surface area contributed by atoms with E-state index >= 15 is 0 Å². The minimum Gasteiger partial charge on any atom is -0.381 e. The van der Waals surface area contributed by atoms with Gasteiger partial charge in [0.2, 0.25) is 5.91 Å². The molecule has 0 unspecified atom stereocenters. The van der Waals surface area contributed by atoms with Crippen molar-refractivity contribution in [3.63, 3.8) is 0 Å². The number of likely N-dealkylation sites (tertiary alicyclic amines) is 2. The number of hydrogen-bond donors (Lipinski definition) is 0. The van der Waals surface area contributed by atoms with Gasteiger partial charge in [-0.1, -0.05) is 5.16 Å². The van der Waals surface area contributed by atoms with E-state index in [9.17, 15) is 4.79 Å². The van der Waals surface area contributed by atoms with Crippen LogP contribution in [0.2, 0.25) is 0 Å². The Labute approximate surface area is 149 Å². The summed E-state index contributed by atoms with van der Waals surface area (Å²) in [5.41, 5.74) is 2.16. The smallest absolute Gasteiger partial charge is 0.223 e. The zero-order valence-corrected chi connectivity index (χ0v) is 15.4. The van der Waals surface area contributed by atoms with E-state index in [1.807, 2.05) is 18.7 Å². The molecular weight excluding hydrogens is 318 g/mol. The van der Waals surface area contributed by atoms with Gasteiger partial charge < -0.3 is 19.1 Å². The molecule has 6 heteroatoms. The summed E-state index contributed by atoms with van der Waals surface area (Å²) in [4.78, 5) is 17.2. The van der Waals surface area contributed by atoms with Gasteiger partial charge in [0.25, 0.3) is 0 Å². The molecule has 0 aliphatic carbocycles. The van der Waals surface area contributed by atoms with Crippen molar-refractivity contribution in [3.8, 4) is 0 Å². The van der Waals surface area contributed by atoms with Gasteiger partial charge in [0.1, 0.15) is 5.76 Å². The summed E-state index contributed by atoms with van der Waals surface area (Å²) in [5, 5.41) is 4.02. The van der Waals surface area contributed by atoms with Crippen molar-refractivity contribution in [2.24, 2.45) is 11.3 Å². The molecule has 3 aliphatic rings. The molecule has 25 heavy (non-hydrogen) atoms. The SMILES string of the molecule is Cc1noc(C)c1CN1CC2(CCN(C[C@@H]3CCOC3)CC2)CC1=O. The predicted molar refractivity (Wildman–Crippen MR) is 93.0 cm³/mol. The van der Waals surface area contributed by atoms with Crippen LogP contribution in [0.15, 0.2) is 4.52 Å². The molecule has 3 saturated heterocycles. The van der Waals surface area contributed by atoms with E-state index in [-0.39, 0.29) is 11.3 Å². The highest BCUT2D eigenvalue weighted by molar-refractivity contribution is 5.79. The van der Waals surface area contributed by atoms with E-state index in [2.05, 4.69) is 10.1 Å². The van der Waals surface area contributed by atoms with E-state index in [0.717, 1.165) is 69.3 Å². The van der Waals surface area contributed by atoms with Crippen LogP contribution in [0.4, 0.5) is 0 Å². The third kappa shape index (κ3) is 3.47. The minimum atomic E-state index is 0.179. The van der Waals surface area contributed by atoms with Gasteiger partial charge in [-0.3, -0.25) is 4.79 Å². The van der Waals surface area contributed by atoms with Crippen LogP contribution in [0.1, 0.15) is 42.7 Å². The number of amides is 1. The van der Waals surface area contributed by atoms with Gasteiger partial charge in [-0.25, -0.2) is 0 Å². The second kappa shape index (κ2) is 6.72. The van der Waals surface area contributed by atoms with Gasteiger partial charge in [-0.15, -0.1) is 0 Å². The highest BCUT2D eigenvalue weighted by Crippen LogP contribution is 2.42. The molecule has 4 rings (SSSR count). The highest BCUT2D eigenvalue weighted by Gasteiger charge is 2.45. The number of piperidine rings is 1. The molecule has 1 aromatic heterocycles. The zero-order chi connectivity index (χ0) is 17.4. The summed E-state index contributed by atoms with van der Waals surface area (Å²) in [6, 6.07) is 0. The molecule has 4 heterocycles. The first-order valence-corrected chi connectivity index (χ1v) is 9.54. The first-order chi connectivity index (χ1) is 12.0. The molecule has 1 aromatic rings. The van der Waals surface area contributed by atoms with Crippen LogP contribution in [-0.4, -0.2) is 60.3 Å². The summed E-state index contributed by atoms with van der Waals surface area (Å²) < 4.78 is 10.7. The van der Waals surface area contributed by atoms with Gasteiger partial charge in [0.05, 0.1) is 18.8 Å². The van der Waals surface area contributed by atoms with Gasteiger partial charge in [-0.2, -0.15) is 0 Å². The fraction of sp³-hybridized carbons (Fsp3) is 0.789. The van der Waals surface area contributed by atoms with Crippen molar-refractivity contribution < 1.29 is 14.1 Å². The molecule has 0 bridgehead atoms. The number of nitrogens with zero attached hydrogens (tertiary/aromatic N) is 3. The Bertz CT molecular complexity index is 608. The molecular formula is C19H29N3O3. The molecule has 0 N–H and O–H groups in total. The molecule has 0 radical (unpaired) electrons. The van der Waals surface area contributed by atoms with Gasteiger partial charge in [0.15, 0.2) is 0 Å². The average molecular weight is 347 g/mol. The van der Waals surface area contributed by atoms with Crippen LogP contribution in [0.25, 0.3) is 0 Å². The third-order valence-corrected chi connectivity index (χ3v) is 6.39. The minimum absolute atomic E-state index is 0.179. The van der Waals surface area contributed by atoms with E-state index in [1.165, 1.54) is 6.42 Å². The fourth-order valence-corrected chi connectivity index (χ4v) is 4.68. The fourth-order valence-electron chi connectivity index (χ4n) is 4.68. The lowest BCUT2D eigenvalue weighted by Gasteiger charge is -2.39. The largest absolute Gasteiger partial charge is 0.381 e. The molecule has 1 amide bonds. The average Bonchev–Trinajstić information content (AvgIpc) is 3.28. The third-order valence-electron chi connectivity index (χ3n) is 6.39. The zero-order valence-electron chi connectivity index (χ0n) is 15.4. The maximum atomic E-state index is 12.6. The molecule has 3 aliphatic heterocycles. The maximum absolute atomic E-state index is 12.6. The standard InChI is InChI=1S/C19H29N3O3/c1-14-17(15(2)25-20-14)11-22-13-19(9-18(22)23)4-6-21(7-5-19)10-16-3-8-24-12-16/h16H,3-13H2,1-2H3/t16-/m0/s1. The van der Waals surface area contributed by atoms with Crippen LogP contribution in [-0.2, 0) is 16.1 Å². The van der Waals surface area contributed by atoms with Gasteiger partial charge in [0, 0.05) is 31.7 Å². The monoisotopic (exact) mass is 347 g/mol. The van der Waals surface area contributed by atoms with Gasteiger partial charge >= 0.3 is 0 Å². The Kier molecular flexibility index (Phi) is 4.58. The first-order valence-electron chi connectivity index (χ1n) is 9.54. The Morgan fingerprint density at radius 3 is 2.72 bits per heavy atom. The number of aryl methyl sites for hydroxylation is 2. The normalized spacial score (nSPS) is 26.9. The van der Waals surface area contributed by atoms with Crippen molar-refractivity contribution in [3.05, 3.63) is 17.0 Å². The lowest BCUT2D eigenvalue weighted by molar-refractivity contribution is -0.128. The van der Waals surface area contributed by atoms with E-state index in [4.69, 9.17) is 9.26 Å². The second-order valence-electron chi connectivity index (χ2n) is 8.26. The number of carbonyl (C=O) groups is 1. The lowest BCUT2D eigenvalue weighted by Crippen LogP contribution is -2.43. The van der Waals surface area contributed by atoms with Crippen LogP contribution in [0, 0.1) is 25.2 Å². The lowest BCUT2D eigenvalue weighted by atomic mass is 9.77. The summed E-state index contributed by atoms with van der Waals surface area (Å²) in [6.45, 7) is 10.6. The van der Waals surface area contributed by atoms with Crippen molar-refractivity contribution in [1.82, 2.24) is 15.0 Å². The Balaban J connectivity index is 1.34. The van der Waals surface area contributed by atoms with Crippen molar-refractivity contribution in [2.75, 3.05) is 39.4 Å². The number of carbonyl (C=O) groups excluding carboxylic acids is 1. The summed E-state index contributed by atoms with van der Waals surface area (Å²) >= 11 is 0. The summed E-state index contributed by atoms with van der Waals surface area (Å²) in [5.74, 6) is 1.83. The van der Waals surface area contributed by atoms with Crippen LogP contribution < -0.4 is 0 Å². The van der Waals surface area contributed by atoms with Crippen LogP contribution >= 0.6 is 0 Å². The molecule has 0 saturated carbocycles. The van der Waals surface area contributed by atoms with Crippen LogP contribution in [0.3, 0.4) is 0 Å². The number of hydrogen-bond acceptors (Lipinski definition) is 5. The van der Waals surface area contributed by atoms with Crippen molar-refractivity contribution in [2.45, 2.75) is 46.1 Å². The number of aromatic nitrogens is 1. The number of rotatable bonds is 4. The van der Waals surface area contributed by atoms with E-state index in [0.29, 0.717) is 18.9 Å². The van der Waals surface area contributed by atoms with Gasteiger partial charge in [-0.05, 0) is 57.5 Å². The van der Waals surface area contributed by atoms with Crippen LogP contribution in [0.5, 0.6) is 0 Å². The second-order valence-corrected chi connectivity index (χ2v) is 8.26. The molecule has 0 aromatic carbocycles. The molecule has 1 spiro atoms. The highest BCUT2D eigenvalue weighted by atomic mass is 16.5. The first kappa shape index (κ1) is 17.0. The quantitative estimate of drug-likeness (QED) is 0.835. The molecule has 138 valence electrons. The molecule has 1 atom stereocenters. The topological polar surface area (TPSA) is 58.8 Å². The Morgan fingerprint density at radius 2 is 2.08 bits per heavy atom. The van der Waals surface area contributed by atoms with Crippen molar-refractivity contribution in [1.29, 1.82) is 0 Å². The van der Waals surface area contributed by atoms with E-state index < -0.39 is 0 Å². The van der Waals surface area contributed by atoms with E-state index in [1.54, 1.807) is 0 Å². The number of ether oxygens (including phenoxy) is 1.